The Morgan fingerprint density at radius 2 is 2.33 bits per heavy atom. The van der Waals surface area contributed by atoms with Crippen LogP contribution < -0.4 is 5.32 Å². The summed E-state index contributed by atoms with van der Waals surface area (Å²) in [6, 6.07) is 1.93. The molecule has 24 heavy (non-hydrogen) atoms. The quantitative estimate of drug-likeness (QED) is 0.907. The molecule has 1 aromatic heterocycles. The van der Waals surface area contributed by atoms with E-state index in [1.807, 2.05) is 13.0 Å². The SMILES string of the molecule is Cc1cc(CN2CC[C@@]3(CCC[C@@H](CNC(=O)N(C)C)O3)C2)no1. The van der Waals surface area contributed by atoms with Gasteiger partial charge in [-0.25, -0.2) is 4.79 Å². The first kappa shape index (κ1) is 17.2. The third-order valence-corrected chi connectivity index (χ3v) is 4.92. The number of ether oxygens (including phenoxy) is 1. The maximum atomic E-state index is 11.7. The molecule has 2 fully saturated rings. The Bertz CT molecular complexity index is 574. The maximum Gasteiger partial charge on any atom is 0.316 e. The lowest BCUT2D eigenvalue weighted by atomic mass is 9.90. The fraction of sp³-hybridized carbons (Fsp3) is 0.765. The molecule has 0 saturated carbocycles. The van der Waals surface area contributed by atoms with Gasteiger partial charge in [0.1, 0.15) is 5.76 Å². The number of amides is 2. The number of rotatable bonds is 4. The number of likely N-dealkylation sites (tertiary alicyclic amines) is 1. The lowest BCUT2D eigenvalue weighted by Gasteiger charge is -2.39. The van der Waals surface area contributed by atoms with Crippen LogP contribution in [-0.4, -0.2) is 66.4 Å². The van der Waals surface area contributed by atoms with Crippen LogP contribution in [0.15, 0.2) is 10.6 Å². The van der Waals surface area contributed by atoms with Crippen LogP contribution in [0.5, 0.6) is 0 Å². The minimum Gasteiger partial charge on any atom is -0.369 e. The topological polar surface area (TPSA) is 70.8 Å². The first-order valence-electron chi connectivity index (χ1n) is 8.73. The molecule has 1 aromatic rings. The molecule has 0 aromatic carbocycles. The fourth-order valence-electron chi connectivity index (χ4n) is 3.71. The number of hydrogen-bond donors (Lipinski definition) is 1. The molecule has 0 bridgehead atoms. The molecule has 3 heterocycles. The van der Waals surface area contributed by atoms with Crippen molar-refractivity contribution in [3.63, 3.8) is 0 Å². The van der Waals surface area contributed by atoms with Crippen molar-refractivity contribution in [3.8, 4) is 0 Å². The predicted molar refractivity (Wildman–Crippen MR) is 89.7 cm³/mol. The van der Waals surface area contributed by atoms with Crippen LogP contribution in [0.2, 0.25) is 0 Å². The number of hydrogen-bond acceptors (Lipinski definition) is 5. The molecular formula is C17H28N4O3. The molecule has 1 N–H and O–H groups in total. The fourth-order valence-corrected chi connectivity index (χ4v) is 3.71. The van der Waals surface area contributed by atoms with Crippen LogP contribution in [0.4, 0.5) is 4.79 Å². The van der Waals surface area contributed by atoms with Gasteiger partial charge < -0.3 is 19.5 Å². The van der Waals surface area contributed by atoms with Crippen molar-refractivity contribution in [2.75, 3.05) is 33.7 Å². The van der Waals surface area contributed by atoms with E-state index in [0.29, 0.717) is 6.54 Å². The van der Waals surface area contributed by atoms with Gasteiger partial charge in [0.2, 0.25) is 0 Å². The number of aromatic nitrogens is 1. The molecule has 7 nitrogen and oxygen atoms in total. The summed E-state index contributed by atoms with van der Waals surface area (Å²) in [6.45, 7) is 5.25. The van der Waals surface area contributed by atoms with Crippen molar-refractivity contribution in [3.05, 3.63) is 17.5 Å². The molecular weight excluding hydrogens is 308 g/mol. The third kappa shape index (κ3) is 4.08. The molecule has 1 spiro atoms. The first-order valence-corrected chi connectivity index (χ1v) is 8.73. The van der Waals surface area contributed by atoms with E-state index in [2.05, 4.69) is 15.4 Å². The lowest BCUT2D eigenvalue weighted by molar-refractivity contribution is -0.118. The highest BCUT2D eigenvalue weighted by molar-refractivity contribution is 5.73. The zero-order valence-electron chi connectivity index (χ0n) is 14.9. The Hall–Kier alpha value is -1.60. The van der Waals surface area contributed by atoms with Crippen LogP contribution in [0.3, 0.4) is 0 Å². The number of nitrogens with zero attached hydrogens (tertiary/aromatic N) is 3. The van der Waals surface area contributed by atoms with Crippen molar-refractivity contribution in [2.45, 2.75) is 50.9 Å². The molecule has 134 valence electrons. The van der Waals surface area contributed by atoms with Crippen LogP contribution in [0, 0.1) is 6.92 Å². The molecule has 0 aliphatic carbocycles. The van der Waals surface area contributed by atoms with Crippen molar-refractivity contribution in [1.29, 1.82) is 0 Å². The van der Waals surface area contributed by atoms with Crippen molar-refractivity contribution < 1.29 is 14.1 Å². The third-order valence-electron chi connectivity index (χ3n) is 4.92. The summed E-state index contributed by atoms with van der Waals surface area (Å²) in [5.74, 6) is 0.851. The summed E-state index contributed by atoms with van der Waals surface area (Å²) in [4.78, 5) is 15.6. The van der Waals surface area contributed by atoms with Crippen LogP contribution in [-0.2, 0) is 11.3 Å². The molecule has 2 aliphatic rings. The van der Waals surface area contributed by atoms with E-state index in [0.717, 1.165) is 56.8 Å². The zero-order valence-corrected chi connectivity index (χ0v) is 14.9. The number of urea groups is 1. The average Bonchev–Trinajstić information content (AvgIpc) is 3.12. The summed E-state index contributed by atoms with van der Waals surface area (Å²) in [5, 5.41) is 7.02. The van der Waals surface area contributed by atoms with E-state index in [-0.39, 0.29) is 17.7 Å². The monoisotopic (exact) mass is 336 g/mol. The Balaban J connectivity index is 1.51. The lowest BCUT2D eigenvalue weighted by Crippen LogP contribution is -2.48. The predicted octanol–water partition coefficient (Wildman–Crippen LogP) is 1.77. The average molecular weight is 336 g/mol. The Labute approximate surface area is 143 Å². The molecule has 0 radical (unpaired) electrons. The second kappa shape index (κ2) is 7.11. The van der Waals surface area contributed by atoms with E-state index in [1.54, 1.807) is 19.0 Å². The van der Waals surface area contributed by atoms with Gasteiger partial charge in [0.25, 0.3) is 0 Å². The minimum absolute atomic E-state index is 0.0623. The summed E-state index contributed by atoms with van der Waals surface area (Å²) in [7, 11) is 3.50. The Kier molecular flexibility index (Phi) is 5.10. The van der Waals surface area contributed by atoms with Gasteiger partial charge >= 0.3 is 6.03 Å². The first-order chi connectivity index (χ1) is 11.5. The normalized spacial score (nSPS) is 27.5. The van der Waals surface area contributed by atoms with Crippen molar-refractivity contribution >= 4 is 6.03 Å². The standard InChI is InChI=1S/C17H28N4O3/c1-13-9-14(19-24-13)11-21-8-7-17(12-21)6-4-5-15(23-17)10-18-16(22)20(2)3/h9,15H,4-8,10-12H2,1-3H3,(H,18,22)/t15-,17-/m0/s1. The molecule has 0 unspecified atom stereocenters. The van der Waals surface area contributed by atoms with E-state index in [9.17, 15) is 4.79 Å². The zero-order chi connectivity index (χ0) is 17.2. The Morgan fingerprint density at radius 3 is 3.04 bits per heavy atom. The van der Waals surface area contributed by atoms with Gasteiger partial charge in [0, 0.05) is 46.3 Å². The maximum absolute atomic E-state index is 11.7. The Morgan fingerprint density at radius 1 is 1.50 bits per heavy atom. The highest BCUT2D eigenvalue weighted by atomic mass is 16.5. The second-order valence-electron chi connectivity index (χ2n) is 7.29. The summed E-state index contributed by atoms with van der Waals surface area (Å²) >= 11 is 0. The summed E-state index contributed by atoms with van der Waals surface area (Å²) < 4.78 is 11.6. The molecule has 7 heteroatoms. The van der Waals surface area contributed by atoms with Gasteiger partial charge in [-0.3, -0.25) is 4.90 Å². The van der Waals surface area contributed by atoms with Crippen molar-refractivity contribution in [2.24, 2.45) is 0 Å². The van der Waals surface area contributed by atoms with E-state index in [1.165, 1.54) is 0 Å². The molecule has 2 amide bonds. The summed E-state index contributed by atoms with van der Waals surface area (Å²) in [5.41, 5.74) is 0.917. The van der Waals surface area contributed by atoms with Gasteiger partial charge in [-0.1, -0.05) is 5.16 Å². The summed E-state index contributed by atoms with van der Waals surface area (Å²) in [6.07, 6.45) is 4.41. The van der Waals surface area contributed by atoms with Gasteiger partial charge in [0.15, 0.2) is 0 Å². The van der Waals surface area contributed by atoms with Crippen molar-refractivity contribution in [1.82, 2.24) is 20.3 Å². The van der Waals surface area contributed by atoms with Crippen LogP contribution >= 0.6 is 0 Å². The van der Waals surface area contributed by atoms with Crippen LogP contribution in [0.1, 0.15) is 37.1 Å². The van der Waals surface area contributed by atoms with E-state index >= 15 is 0 Å². The molecule has 3 rings (SSSR count). The van der Waals surface area contributed by atoms with Gasteiger partial charge in [-0.05, 0) is 32.6 Å². The van der Waals surface area contributed by atoms with Crippen LogP contribution in [0.25, 0.3) is 0 Å². The smallest absolute Gasteiger partial charge is 0.316 e. The van der Waals surface area contributed by atoms with Gasteiger partial charge in [-0.2, -0.15) is 0 Å². The largest absolute Gasteiger partial charge is 0.369 e. The highest BCUT2D eigenvalue weighted by Gasteiger charge is 2.43. The number of carbonyl (C=O) groups is 1. The molecule has 2 saturated heterocycles. The molecule has 2 atom stereocenters. The highest BCUT2D eigenvalue weighted by Crippen LogP contribution is 2.37. The number of aryl methyl sites for hydroxylation is 1. The van der Waals surface area contributed by atoms with E-state index in [4.69, 9.17) is 9.26 Å². The second-order valence-corrected chi connectivity index (χ2v) is 7.29. The number of nitrogens with one attached hydrogen (secondary N) is 1. The van der Waals surface area contributed by atoms with E-state index < -0.39 is 0 Å². The number of carbonyl (C=O) groups excluding carboxylic acids is 1. The minimum atomic E-state index is -0.0649. The van der Waals surface area contributed by atoms with Gasteiger partial charge in [0.05, 0.1) is 17.4 Å². The van der Waals surface area contributed by atoms with Gasteiger partial charge in [-0.15, -0.1) is 0 Å². The molecule has 2 aliphatic heterocycles.